The number of piperazine rings is 1. The third-order valence-corrected chi connectivity index (χ3v) is 9.23. The lowest BCUT2D eigenvalue weighted by Gasteiger charge is -2.37. The molecule has 0 atom stereocenters. The zero-order chi connectivity index (χ0) is 35.6. The second kappa shape index (κ2) is 17.2. The number of aldehydes is 1. The van der Waals surface area contributed by atoms with Gasteiger partial charge < -0.3 is 19.1 Å². The number of hydrogen-bond donors (Lipinski definition) is 0. The summed E-state index contributed by atoms with van der Waals surface area (Å²) in [6, 6.07) is 30.1. The summed E-state index contributed by atoms with van der Waals surface area (Å²) in [5.41, 5.74) is 7.15. The van der Waals surface area contributed by atoms with Crippen LogP contribution in [0.5, 0.6) is 23.1 Å². The van der Waals surface area contributed by atoms with Gasteiger partial charge in [0.05, 0.1) is 12.8 Å². The average Bonchev–Trinajstić information content (AvgIpc) is 3.14. The highest BCUT2D eigenvalue weighted by Gasteiger charge is 2.21. The van der Waals surface area contributed by atoms with Gasteiger partial charge in [0, 0.05) is 67.6 Å². The Labute approximate surface area is 303 Å². The van der Waals surface area contributed by atoms with E-state index in [2.05, 4.69) is 51.2 Å². The highest BCUT2D eigenvalue weighted by molar-refractivity contribution is 6.31. The minimum Gasteiger partial charge on any atom is -0.493 e. The molecular formula is C42H41ClFN3O4. The van der Waals surface area contributed by atoms with Crippen molar-refractivity contribution >= 4 is 23.6 Å². The molecule has 4 aromatic carbocycles. The molecule has 9 heteroatoms. The van der Waals surface area contributed by atoms with Crippen LogP contribution in [0.15, 0.2) is 109 Å². The maximum atomic E-state index is 13.1. The first-order chi connectivity index (χ1) is 24.8. The maximum absolute atomic E-state index is 13.1. The molecule has 0 N–H and O–H groups in total. The van der Waals surface area contributed by atoms with Crippen molar-refractivity contribution in [1.82, 2.24) is 14.8 Å². The molecule has 5 aromatic rings. The van der Waals surface area contributed by atoms with Crippen LogP contribution >= 0.6 is 11.6 Å². The summed E-state index contributed by atoms with van der Waals surface area (Å²) in [6.45, 7) is 9.14. The van der Waals surface area contributed by atoms with Gasteiger partial charge in [0.1, 0.15) is 36.0 Å². The lowest BCUT2D eigenvalue weighted by atomic mass is 10.0. The number of allylic oxidation sites excluding steroid dienone is 1. The van der Waals surface area contributed by atoms with E-state index in [-0.39, 0.29) is 5.82 Å². The van der Waals surface area contributed by atoms with Crippen molar-refractivity contribution in [3.05, 3.63) is 154 Å². The number of carbonyl (C=O) groups is 1. The van der Waals surface area contributed by atoms with Crippen LogP contribution < -0.4 is 14.2 Å². The number of ether oxygens (including phenoxy) is 3. The molecular weight excluding hydrogens is 665 g/mol. The molecule has 1 saturated heterocycles. The molecule has 1 aliphatic rings. The largest absolute Gasteiger partial charge is 0.493 e. The third-order valence-electron chi connectivity index (χ3n) is 8.87. The summed E-state index contributed by atoms with van der Waals surface area (Å²) >= 11 is 6.24. The number of halogens is 2. The smallest absolute Gasteiger partial charge is 0.219 e. The van der Waals surface area contributed by atoms with Crippen LogP contribution in [0.4, 0.5) is 4.39 Å². The van der Waals surface area contributed by atoms with Crippen molar-refractivity contribution in [2.24, 2.45) is 0 Å². The fourth-order valence-electron chi connectivity index (χ4n) is 6.14. The number of pyridine rings is 1. The molecule has 1 aliphatic heterocycles. The Morgan fingerprint density at radius 1 is 0.843 bits per heavy atom. The maximum Gasteiger partial charge on any atom is 0.219 e. The van der Waals surface area contributed by atoms with Crippen molar-refractivity contribution in [3.63, 3.8) is 0 Å². The van der Waals surface area contributed by atoms with E-state index >= 15 is 0 Å². The molecule has 2 heterocycles. The second-order valence-corrected chi connectivity index (χ2v) is 13.0. The topological polar surface area (TPSA) is 64.1 Å². The molecule has 1 fully saturated rings. The summed E-state index contributed by atoms with van der Waals surface area (Å²) in [5, 5.41) is 0.663. The average molecular weight is 706 g/mol. The second-order valence-electron chi connectivity index (χ2n) is 12.6. The van der Waals surface area contributed by atoms with Gasteiger partial charge in [-0.1, -0.05) is 54.1 Å². The standard InChI is InChI=1S/C42H41ClFN3O4/c1-30-25-35(26-31(2)42(30)51-41-16-15-38(27-45-41)50-29-34-5-3-4-6-39(34)43)40(17-23-48)47-21-19-46(20-22-47)28-33-9-7-32(8-10-33)18-24-49-37-13-11-36(44)12-14-37/h3-17,23,25-27H,18-22,24,28-29H2,1-2H3/b40-17+. The van der Waals surface area contributed by atoms with Crippen molar-refractivity contribution < 1.29 is 23.4 Å². The van der Waals surface area contributed by atoms with Crippen molar-refractivity contribution in [3.8, 4) is 23.1 Å². The molecule has 0 radical (unpaired) electrons. The van der Waals surface area contributed by atoms with Gasteiger partial charge in [-0.3, -0.25) is 9.69 Å². The summed E-state index contributed by atoms with van der Waals surface area (Å²) < 4.78 is 30.9. The first-order valence-corrected chi connectivity index (χ1v) is 17.4. The minimum atomic E-state index is -0.269. The zero-order valence-electron chi connectivity index (χ0n) is 28.9. The first-order valence-electron chi connectivity index (χ1n) is 17.1. The van der Waals surface area contributed by atoms with Crippen molar-refractivity contribution in [1.29, 1.82) is 0 Å². The van der Waals surface area contributed by atoms with Gasteiger partial charge in [-0.25, -0.2) is 9.37 Å². The van der Waals surface area contributed by atoms with Crippen LogP contribution in [0.3, 0.4) is 0 Å². The molecule has 51 heavy (non-hydrogen) atoms. The Morgan fingerprint density at radius 3 is 2.20 bits per heavy atom. The first kappa shape index (κ1) is 35.6. The minimum absolute atomic E-state index is 0.269. The van der Waals surface area contributed by atoms with E-state index in [4.69, 9.17) is 25.8 Å². The van der Waals surface area contributed by atoms with Crippen LogP contribution in [-0.2, 0) is 24.4 Å². The van der Waals surface area contributed by atoms with Crippen LogP contribution in [0.2, 0.25) is 5.02 Å². The van der Waals surface area contributed by atoms with Crippen LogP contribution in [0, 0.1) is 19.7 Å². The van der Waals surface area contributed by atoms with E-state index < -0.39 is 0 Å². The molecule has 6 rings (SSSR count). The highest BCUT2D eigenvalue weighted by atomic mass is 35.5. The lowest BCUT2D eigenvalue weighted by molar-refractivity contribution is -0.104. The Balaban J connectivity index is 1.00. The molecule has 0 saturated carbocycles. The highest BCUT2D eigenvalue weighted by Crippen LogP contribution is 2.33. The Hall–Kier alpha value is -5.18. The van der Waals surface area contributed by atoms with E-state index in [0.717, 1.165) is 79.1 Å². The van der Waals surface area contributed by atoms with Crippen LogP contribution in [0.25, 0.3) is 5.70 Å². The van der Waals surface area contributed by atoms with E-state index in [1.54, 1.807) is 30.5 Å². The molecule has 1 aromatic heterocycles. The molecule has 0 aliphatic carbocycles. The number of nitrogens with zero attached hydrogens (tertiary/aromatic N) is 3. The number of hydrogen-bond acceptors (Lipinski definition) is 7. The molecule has 0 bridgehead atoms. The van der Waals surface area contributed by atoms with Gasteiger partial charge in [-0.15, -0.1) is 0 Å². The summed E-state index contributed by atoms with van der Waals surface area (Å²) in [4.78, 5) is 21.0. The van der Waals surface area contributed by atoms with Gasteiger partial charge in [-0.05, 0) is 90.2 Å². The van der Waals surface area contributed by atoms with Gasteiger partial charge in [0.25, 0.3) is 0 Å². The summed E-state index contributed by atoms with van der Waals surface area (Å²) in [7, 11) is 0. The number of rotatable bonds is 14. The number of aryl methyl sites for hydroxylation is 2. The van der Waals surface area contributed by atoms with E-state index in [9.17, 15) is 9.18 Å². The van der Waals surface area contributed by atoms with E-state index in [0.29, 0.717) is 35.6 Å². The van der Waals surface area contributed by atoms with Gasteiger partial charge in [0.2, 0.25) is 5.88 Å². The Bertz CT molecular complexity index is 1920. The van der Waals surface area contributed by atoms with E-state index in [1.165, 1.54) is 23.3 Å². The third kappa shape index (κ3) is 9.75. The fraction of sp³-hybridized carbons (Fsp3) is 0.238. The predicted octanol–water partition coefficient (Wildman–Crippen LogP) is 8.84. The zero-order valence-corrected chi connectivity index (χ0v) is 29.6. The van der Waals surface area contributed by atoms with E-state index in [1.807, 2.05) is 44.2 Å². The van der Waals surface area contributed by atoms with Crippen LogP contribution in [-0.4, -0.2) is 53.9 Å². The number of carbonyl (C=O) groups excluding carboxylic acids is 1. The lowest BCUT2D eigenvalue weighted by Crippen LogP contribution is -2.45. The van der Waals surface area contributed by atoms with Gasteiger partial charge in [0.15, 0.2) is 0 Å². The quantitative estimate of drug-likeness (QED) is 0.0845. The Morgan fingerprint density at radius 2 is 1.53 bits per heavy atom. The van der Waals surface area contributed by atoms with Gasteiger partial charge >= 0.3 is 0 Å². The summed E-state index contributed by atoms with van der Waals surface area (Å²) in [5.74, 6) is 2.22. The normalized spacial score (nSPS) is 13.6. The molecule has 262 valence electrons. The summed E-state index contributed by atoms with van der Waals surface area (Å²) in [6.07, 6.45) is 4.94. The van der Waals surface area contributed by atoms with Gasteiger partial charge in [-0.2, -0.15) is 0 Å². The number of benzene rings is 4. The molecule has 7 nitrogen and oxygen atoms in total. The Kier molecular flexibility index (Phi) is 12.0. The number of aromatic nitrogens is 1. The molecule has 0 unspecified atom stereocenters. The molecule has 0 amide bonds. The molecule has 0 spiro atoms. The SMILES string of the molecule is Cc1cc(/C(=C\C=O)N2CCN(Cc3ccc(CCOc4ccc(F)cc4)cc3)CC2)cc(C)c1Oc1ccc(OCc2ccccc2Cl)cn1. The van der Waals surface area contributed by atoms with Crippen LogP contribution in [0.1, 0.15) is 33.4 Å². The monoisotopic (exact) mass is 705 g/mol. The predicted molar refractivity (Wildman–Crippen MR) is 199 cm³/mol. The van der Waals surface area contributed by atoms with Crippen molar-refractivity contribution in [2.75, 3.05) is 32.8 Å². The van der Waals surface area contributed by atoms with Crippen molar-refractivity contribution in [2.45, 2.75) is 33.4 Å². The fourth-order valence-corrected chi connectivity index (χ4v) is 6.33.